The van der Waals surface area contributed by atoms with E-state index in [4.69, 9.17) is 0 Å². The number of nitrogens with zero attached hydrogens (tertiary/aromatic N) is 1. The van der Waals surface area contributed by atoms with Gasteiger partial charge >= 0.3 is 0 Å². The van der Waals surface area contributed by atoms with E-state index in [1.807, 2.05) is 11.3 Å². The summed E-state index contributed by atoms with van der Waals surface area (Å²) in [6.45, 7) is 0. The fourth-order valence-electron chi connectivity index (χ4n) is 9.90. The summed E-state index contributed by atoms with van der Waals surface area (Å²) in [5, 5.41) is 2.60. The van der Waals surface area contributed by atoms with Crippen molar-refractivity contribution in [3.05, 3.63) is 199 Å². The number of hydrogen-bond donors (Lipinski definition) is 0. The number of benzene rings is 8. The summed E-state index contributed by atoms with van der Waals surface area (Å²) in [4.78, 5) is 2.55. The largest absolute Gasteiger partial charge is 0.309 e. The first-order valence-corrected chi connectivity index (χ1v) is 20.4. The molecule has 1 aromatic heterocycles. The molecule has 0 aliphatic heterocycles. The van der Waals surface area contributed by atoms with Crippen LogP contribution in [0.25, 0.3) is 64.7 Å². The van der Waals surface area contributed by atoms with Gasteiger partial charge in [-0.15, -0.1) is 11.3 Å². The number of para-hydroxylation sites is 1. The topological polar surface area (TPSA) is 3.24 Å². The van der Waals surface area contributed by atoms with Gasteiger partial charge in [0.15, 0.2) is 0 Å². The highest BCUT2D eigenvalue weighted by molar-refractivity contribution is 7.26. The fraction of sp³-hybridized carbons (Fsp3) is 0.0943. The van der Waals surface area contributed by atoms with Gasteiger partial charge in [-0.25, -0.2) is 0 Å². The smallest absolute Gasteiger partial charge is 0.0555 e. The molecule has 9 aromatic rings. The third-order valence-electron chi connectivity index (χ3n) is 12.3. The first kappa shape index (κ1) is 32.2. The van der Waals surface area contributed by atoms with Crippen molar-refractivity contribution in [3.63, 3.8) is 0 Å². The second-order valence-corrected chi connectivity index (χ2v) is 16.2. The molecule has 262 valence electrons. The Morgan fingerprint density at radius 3 is 1.76 bits per heavy atom. The molecule has 0 atom stereocenters. The fourth-order valence-corrected chi connectivity index (χ4v) is 11.0. The second-order valence-electron chi connectivity index (χ2n) is 15.1. The molecule has 1 heterocycles. The lowest BCUT2D eigenvalue weighted by molar-refractivity contribution is 0.550. The highest BCUT2D eigenvalue weighted by Gasteiger charge is 2.45. The molecule has 1 saturated carbocycles. The summed E-state index contributed by atoms with van der Waals surface area (Å²) >= 11 is 1.88. The minimum absolute atomic E-state index is 0.127. The number of thiophene rings is 1. The maximum absolute atomic E-state index is 2.55. The molecule has 8 aromatic carbocycles. The minimum atomic E-state index is 0.127. The quantitative estimate of drug-likeness (QED) is 0.165. The number of fused-ring (bicyclic) bond motifs is 8. The van der Waals surface area contributed by atoms with E-state index in [2.05, 4.69) is 193 Å². The first-order chi connectivity index (χ1) is 27.3. The summed E-state index contributed by atoms with van der Waals surface area (Å²) in [7, 11) is 0. The van der Waals surface area contributed by atoms with E-state index in [-0.39, 0.29) is 5.41 Å². The zero-order valence-electron chi connectivity index (χ0n) is 30.6. The molecule has 1 fully saturated rings. The van der Waals surface area contributed by atoms with Crippen LogP contribution in [0.5, 0.6) is 0 Å². The van der Waals surface area contributed by atoms with Gasteiger partial charge in [0.25, 0.3) is 0 Å². The molecular weight excluding hydrogens is 683 g/mol. The van der Waals surface area contributed by atoms with Crippen LogP contribution in [0, 0.1) is 0 Å². The van der Waals surface area contributed by atoms with Gasteiger partial charge in [-0.2, -0.15) is 0 Å². The molecule has 0 radical (unpaired) electrons. The molecule has 2 heteroatoms. The van der Waals surface area contributed by atoms with E-state index < -0.39 is 0 Å². The summed E-state index contributed by atoms with van der Waals surface area (Å²) in [5.41, 5.74) is 16.8. The molecule has 0 N–H and O–H groups in total. The molecule has 0 saturated heterocycles. The standard InChI is InChI=1S/C53H39NS/c1-2-17-36(18-3-1)38-19-4-5-20-39(38)40-21-6-7-22-41(40)43-24-9-12-27-48(43)54(49-28-16-30-51-52(49)44-25-10-13-29-50(44)55-51)37-31-32-47-45(35-37)42-23-8-11-26-46(42)53(47)33-14-15-34-53/h1-13,16-32,35H,14-15,33-34H2. The monoisotopic (exact) mass is 721 g/mol. The molecule has 2 aliphatic carbocycles. The van der Waals surface area contributed by atoms with E-state index >= 15 is 0 Å². The van der Waals surface area contributed by atoms with Crippen LogP contribution in [-0.4, -0.2) is 0 Å². The molecule has 2 aliphatic rings. The van der Waals surface area contributed by atoms with Gasteiger partial charge in [-0.1, -0.05) is 165 Å². The van der Waals surface area contributed by atoms with Crippen molar-refractivity contribution < 1.29 is 0 Å². The lowest BCUT2D eigenvalue weighted by Gasteiger charge is -2.31. The third kappa shape index (κ3) is 5.05. The van der Waals surface area contributed by atoms with Gasteiger partial charge in [0.05, 0.1) is 11.4 Å². The second kappa shape index (κ2) is 13.0. The Morgan fingerprint density at radius 2 is 0.964 bits per heavy atom. The summed E-state index contributed by atoms with van der Waals surface area (Å²) in [6, 6.07) is 69.9. The lowest BCUT2D eigenvalue weighted by atomic mass is 9.77. The van der Waals surface area contributed by atoms with Gasteiger partial charge < -0.3 is 4.90 Å². The van der Waals surface area contributed by atoms with E-state index in [1.165, 1.54) is 113 Å². The Kier molecular flexibility index (Phi) is 7.60. The molecule has 0 bridgehead atoms. The highest BCUT2D eigenvalue weighted by atomic mass is 32.1. The minimum Gasteiger partial charge on any atom is -0.309 e. The predicted molar refractivity (Wildman–Crippen MR) is 235 cm³/mol. The Morgan fingerprint density at radius 1 is 0.400 bits per heavy atom. The molecular formula is C53H39NS. The lowest BCUT2D eigenvalue weighted by Crippen LogP contribution is -2.20. The van der Waals surface area contributed by atoms with Crippen LogP contribution < -0.4 is 4.90 Å². The Hall–Kier alpha value is -6.22. The van der Waals surface area contributed by atoms with Gasteiger partial charge in [-0.3, -0.25) is 0 Å². The van der Waals surface area contributed by atoms with Crippen LogP contribution in [-0.2, 0) is 5.41 Å². The van der Waals surface area contributed by atoms with Crippen molar-refractivity contribution in [1.29, 1.82) is 0 Å². The normalized spacial score (nSPS) is 14.0. The van der Waals surface area contributed by atoms with Crippen LogP contribution in [0.1, 0.15) is 36.8 Å². The number of anilines is 3. The molecule has 0 unspecified atom stereocenters. The van der Waals surface area contributed by atoms with Crippen LogP contribution in [0.3, 0.4) is 0 Å². The van der Waals surface area contributed by atoms with Crippen molar-refractivity contribution in [1.82, 2.24) is 0 Å². The molecule has 11 rings (SSSR count). The van der Waals surface area contributed by atoms with Crippen LogP contribution in [0.15, 0.2) is 188 Å². The maximum atomic E-state index is 2.55. The molecule has 1 spiro atoms. The van der Waals surface area contributed by atoms with Gasteiger partial charge in [0.2, 0.25) is 0 Å². The SMILES string of the molecule is c1ccc(-c2ccccc2-c2ccccc2-c2ccccc2N(c2ccc3c(c2)-c2ccccc2C32CCCC2)c2cccc3sc4ccccc4c23)cc1. The first-order valence-electron chi connectivity index (χ1n) is 19.6. The molecule has 1 nitrogen and oxygen atoms in total. The Labute approximate surface area is 326 Å². The van der Waals surface area contributed by atoms with Crippen molar-refractivity contribution in [2.24, 2.45) is 0 Å². The molecule has 55 heavy (non-hydrogen) atoms. The maximum Gasteiger partial charge on any atom is 0.0555 e. The van der Waals surface area contributed by atoms with E-state index in [1.54, 1.807) is 0 Å². The zero-order valence-corrected chi connectivity index (χ0v) is 31.4. The van der Waals surface area contributed by atoms with Crippen LogP contribution in [0.4, 0.5) is 17.1 Å². The average Bonchev–Trinajstić information content (AvgIpc) is 3.97. The van der Waals surface area contributed by atoms with E-state index in [0.29, 0.717) is 0 Å². The Balaban J connectivity index is 1.17. The summed E-state index contributed by atoms with van der Waals surface area (Å²) < 4.78 is 2.61. The van der Waals surface area contributed by atoms with Gasteiger partial charge in [-0.05, 0) is 99.3 Å². The number of hydrogen-bond acceptors (Lipinski definition) is 2. The summed E-state index contributed by atoms with van der Waals surface area (Å²) in [5.74, 6) is 0. The molecule has 0 amide bonds. The van der Waals surface area contributed by atoms with Crippen molar-refractivity contribution >= 4 is 48.6 Å². The highest BCUT2D eigenvalue weighted by Crippen LogP contribution is 2.58. The van der Waals surface area contributed by atoms with Crippen molar-refractivity contribution in [3.8, 4) is 44.5 Å². The van der Waals surface area contributed by atoms with Gasteiger partial charge in [0, 0.05) is 36.8 Å². The predicted octanol–water partition coefficient (Wildman–Crippen LogP) is 15.4. The van der Waals surface area contributed by atoms with Crippen molar-refractivity contribution in [2.75, 3.05) is 4.90 Å². The average molecular weight is 722 g/mol. The third-order valence-corrected chi connectivity index (χ3v) is 13.4. The van der Waals surface area contributed by atoms with Gasteiger partial charge in [0.1, 0.15) is 0 Å². The zero-order chi connectivity index (χ0) is 36.3. The van der Waals surface area contributed by atoms with Crippen molar-refractivity contribution in [2.45, 2.75) is 31.1 Å². The number of rotatable bonds is 6. The summed E-state index contributed by atoms with van der Waals surface area (Å²) in [6.07, 6.45) is 5.03. The van der Waals surface area contributed by atoms with E-state index in [0.717, 1.165) is 5.69 Å². The Bertz CT molecular complexity index is 2890. The van der Waals surface area contributed by atoms with Crippen LogP contribution in [0.2, 0.25) is 0 Å². The van der Waals surface area contributed by atoms with Crippen LogP contribution >= 0.6 is 11.3 Å². The van der Waals surface area contributed by atoms with E-state index in [9.17, 15) is 0 Å².